The van der Waals surface area contributed by atoms with Crippen molar-refractivity contribution in [3.05, 3.63) is 11.1 Å². The second-order valence-electron chi connectivity index (χ2n) is 6.96. The van der Waals surface area contributed by atoms with Gasteiger partial charge in [0.25, 0.3) is 0 Å². The lowest BCUT2D eigenvalue weighted by atomic mass is 9.95. The number of hydrogen-bond donors (Lipinski definition) is 2. The fourth-order valence-corrected chi connectivity index (χ4v) is 4.69. The van der Waals surface area contributed by atoms with E-state index in [9.17, 15) is 10.2 Å². The molecule has 0 saturated carbocycles. The van der Waals surface area contributed by atoms with Crippen LogP contribution in [0.1, 0.15) is 37.8 Å². The quantitative estimate of drug-likeness (QED) is 0.859. The largest absolute Gasteiger partial charge is 0.396 e. The molecule has 0 radical (unpaired) electrons. The molecule has 2 N–H and O–H groups in total. The smallest absolute Gasteiger partial charge is 0.185 e. The van der Waals surface area contributed by atoms with Crippen molar-refractivity contribution in [3.8, 4) is 0 Å². The van der Waals surface area contributed by atoms with E-state index in [0.717, 1.165) is 30.5 Å². The van der Waals surface area contributed by atoms with Crippen molar-refractivity contribution >= 4 is 16.5 Å². The molecule has 23 heavy (non-hydrogen) atoms. The van der Waals surface area contributed by atoms with Crippen molar-refractivity contribution in [2.24, 2.45) is 11.8 Å². The van der Waals surface area contributed by atoms with Gasteiger partial charge in [0.05, 0.1) is 12.3 Å². The van der Waals surface area contributed by atoms with E-state index in [2.05, 4.69) is 14.8 Å². The second kappa shape index (κ2) is 8.42. The van der Waals surface area contributed by atoms with Crippen molar-refractivity contribution in [1.82, 2.24) is 9.88 Å². The number of anilines is 1. The molecule has 2 fully saturated rings. The van der Waals surface area contributed by atoms with E-state index < -0.39 is 0 Å². The van der Waals surface area contributed by atoms with Crippen molar-refractivity contribution in [2.75, 3.05) is 44.2 Å². The zero-order chi connectivity index (χ0) is 16.1. The number of nitrogens with zero attached hydrogens (tertiary/aromatic N) is 3. The summed E-state index contributed by atoms with van der Waals surface area (Å²) >= 11 is 1.60. The van der Waals surface area contributed by atoms with Crippen molar-refractivity contribution < 1.29 is 10.2 Å². The van der Waals surface area contributed by atoms with Gasteiger partial charge in [0.1, 0.15) is 0 Å². The van der Waals surface area contributed by atoms with Crippen LogP contribution in [-0.2, 0) is 6.61 Å². The molecule has 2 saturated heterocycles. The maximum absolute atomic E-state index is 9.78. The van der Waals surface area contributed by atoms with Gasteiger partial charge >= 0.3 is 0 Å². The van der Waals surface area contributed by atoms with Gasteiger partial charge < -0.3 is 20.0 Å². The van der Waals surface area contributed by atoms with E-state index >= 15 is 0 Å². The Balaban J connectivity index is 1.59. The van der Waals surface area contributed by atoms with E-state index in [1.807, 2.05) is 5.38 Å². The fraction of sp³-hybridized carbons (Fsp3) is 0.824. The number of aliphatic hydroxyl groups is 2. The summed E-state index contributed by atoms with van der Waals surface area (Å²) in [6.07, 6.45) is 6.74. The van der Waals surface area contributed by atoms with Crippen LogP contribution < -0.4 is 4.90 Å². The first kappa shape index (κ1) is 17.1. The normalized spacial score (nSPS) is 27.1. The molecular weight excluding hydrogens is 310 g/mol. The third kappa shape index (κ3) is 4.44. The highest BCUT2D eigenvalue weighted by molar-refractivity contribution is 7.13. The zero-order valence-electron chi connectivity index (χ0n) is 13.9. The Morgan fingerprint density at radius 2 is 1.74 bits per heavy atom. The number of likely N-dealkylation sites (tertiary alicyclic amines) is 1. The molecule has 3 rings (SSSR count). The predicted octanol–water partition coefficient (Wildman–Crippen LogP) is 1.95. The average Bonchev–Trinajstić information content (AvgIpc) is 3.16. The lowest BCUT2D eigenvalue weighted by molar-refractivity contribution is 0.156. The first-order chi connectivity index (χ1) is 11.3. The van der Waals surface area contributed by atoms with Gasteiger partial charge in [-0.3, -0.25) is 0 Å². The van der Waals surface area contributed by atoms with E-state index in [4.69, 9.17) is 0 Å². The second-order valence-corrected chi connectivity index (χ2v) is 7.79. The molecule has 0 bridgehead atoms. The summed E-state index contributed by atoms with van der Waals surface area (Å²) in [5.74, 6) is 0.850. The Hall–Kier alpha value is -0.690. The molecule has 0 amide bonds. The number of aliphatic hydroxyl groups excluding tert-OH is 2. The van der Waals surface area contributed by atoms with Gasteiger partial charge in [-0.2, -0.15) is 0 Å². The van der Waals surface area contributed by atoms with Gasteiger partial charge in [0.15, 0.2) is 5.13 Å². The van der Waals surface area contributed by atoms with Gasteiger partial charge in [-0.1, -0.05) is 19.3 Å². The molecule has 2 aliphatic heterocycles. The number of aromatic nitrogens is 1. The lowest BCUT2D eigenvalue weighted by Gasteiger charge is -2.28. The number of thiazole rings is 1. The van der Waals surface area contributed by atoms with Crippen molar-refractivity contribution in [2.45, 2.75) is 38.7 Å². The maximum atomic E-state index is 9.78. The number of rotatable bonds is 5. The third-order valence-corrected chi connectivity index (χ3v) is 6.17. The van der Waals surface area contributed by atoms with Gasteiger partial charge in [-0.25, -0.2) is 4.98 Å². The fourth-order valence-electron chi connectivity index (χ4n) is 3.85. The standard InChI is InChI=1S/C17H29N3O2S/c21-11-15-10-20(17-18-16(12-22)13-23-17)9-14(15)8-19-6-4-2-1-3-5-7-19/h13-15,21-22H,1-12H2/t14-,15-/m1/s1. The van der Waals surface area contributed by atoms with Gasteiger partial charge in [0.2, 0.25) is 0 Å². The van der Waals surface area contributed by atoms with E-state index in [1.165, 1.54) is 45.2 Å². The molecule has 5 nitrogen and oxygen atoms in total. The molecule has 1 aromatic heterocycles. The van der Waals surface area contributed by atoms with Gasteiger partial charge in [0, 0.05) is 37.5 Å². The van der Waals surface area contributed by atoms with Crippen LogP contribution in [-0.4, -0.2) is 59.4 Å². The van der Waals surface area contributed by atoms with Crippen LogP contribution in [0.3, 0.4) is 0 Å². The van der Waals surface area contributed by atoms with Gasteiger partial charge in [-0.15, -0.1) is 11.3 Å². The topological polar surface area (TPSA) is 59.8 Å². The third-order valence-electron chi connectivity index (χ3n) is 5.22. The Kier molecular flexibility index (Phi) is 6.28. The van der Waals surface area contributed by atoms with Crippen molar-refractivity contribution in [3.63, 3.8) is 0 Å². The molecule has 0 aliphatic carbocycles. The summed E-state index contributed by atoms with van der Waals surface area (Å²) in [7, 11) is 0. The maximum Gasteiger partial charge on any atom is 0.185 e. The minimum absolute atomic E-state index is 0.00494. The molecule has 1 aromatic rings. The highest BCUT2D eigenvalue weighted by atomic mass is 32.1. The minimum Gasteiger partial charge on any atom is -0.396 e. The lowest BCUT2D eigenvalue weighted by Crippen LogP contribution is -2.36. The average molecular weight is 340 g/mol. The van der Waals surface area contributed by atoms with E-state index in [-0.39, 0.29) is 13.2 Å². The van der Waals surface area contributed by atoms with Crippen LogP contribution in [0.2, 0.25) is 0 Å². The molecule has 2 atom stereocenters. The minimum atomic E-state index is 0.00494. The van der Waals surface area contributed by atoms with Crippen molar-refractivity contribution in [1.29, 1.82) is 0 Å². The summed E-state index contributed by atoms with van der Waals surface area (Å²) in [4.78, 5) is 9.39. The summed E-state index contributed by atoms with van der Waals surface area (Å²) < 4.78 is 0. The van der Waals surface area contributed by atoms with Crippen LogP contribution in [0.4, 0.5) is 5.13 Å². The van der Waals surface area contributed by atoms with Crippen LogP contribution in [0.25, 0.3) is 0 Å². The Labute approximate surface area is 142 Å². The Bertz CT molecular complexity index is 474. The van der Waals surface area contributed by atoms with Crippen LogP contribution in [0.5, 0.6) is 0 Å². The summed E-state index contributed by atoms with van der Waals surface area (Å²) in [5.41, 5.74) is 0.748. The SMILES string of the molecule is OCc1csc(N2C[C@@H](CN3CCCCCCC3)[C@@H](CO)C2)n1. The molecule has 0 spiro atoms. The first-order valence-electron chi connectivity index (χ1n) is 8.93. The first-order valence-corrected chi connectivity index (χ1v) is 9.81. The van der Waals surface area contributed by atoms with E-state index in [1.54, 1.807) is 11.3 Å². The summed E-state index contributed by atoms with van der Waals surface area (Å²) in [6.45, 7) is 5.63. The van der Waals surface area contributed by atoms with Gasteiger partial charge in [-0.05, 0) is 31.8 Å². The molecule has 0 unspecified atom stereocenters. The molecule has 6 heteroatoms. The molecule has 2 aliphatic rings. The number of hydrogen-bond acceptors (Lipinski definition) is 6. The summed E-state index contributed by atoms with van der Waals surface area (Å²) in [5, 5.41) is 21.9. The van der Waals surface area contributed by atoms with E-state index in [0.29, 0.717) is 11.8 Å². The highest BCUT2D eigenvalue weighted by Crippen LogP contribution is 2.31. The molecule has 3 heterocycles. The Morgan fingerprint density at radius 3 is 2.39 bits per heavy atom. The molecular formula is C17H29N3O2S. The van der Waals surface area contributed by atoms with Crippen LogP contribution >= 0.6 is 11.3 Å². The monoisotopic (exact) mass is 339 g/mol. The molecule has 0 aromatic carbocycles. The Morgan fingerprint density at radius 1 is 1.04 bits per heavy atom. The predicted molar refractivity (Wildman–Crippen MR) is 93.8 cm³/mol. The summed E-state index contributed by atoms with van der Waals surface area (Å²) in [6, 6.07) is 0. The highest BCUT2D eigenvalue weighted by Gasteiger charge is 2.34. The van der Waals surface area contributed by atoms with Crippen LogP contribution in [0, 0.1) is 11.8 Å². The van der Waals surface area contributed by atoms with Crippen LogP contribution in [0.15, 0.2) is 5.38 Å². The zero-order valence-corrected chi connectivity index (χ0v) is 14.7. The molecule has 130 valence electrons.